The molecule has 0 saturated carbocycles. The molecule has 7 aromatic rings. The summed E-state index contributed by atoms with van der Waals surface area (Å²) in [5.74, 6) is 0. The Morgan fingerprint density at radius 3 is 1.45 bits per heavy atom. The maximum atomic E-state index is 2.50. The predicted octanol–water partition coefficient (Wildman–Crippen LogP) is 11.8. The highest BCUT2D eigenvalue weighted by Crippen LogP contribution is 2.64. The Morgan fingerprint density at radius 1 is 0.362 bits per heavy atom. The molecule has 0 bridgehead atoms. The highest BCUT2D eigenvalue weighted by atomic mass is 15.2. The monoisotopic (exact) mass is 599 g/mol. The van der Waals surface area contributed by atoms with E-state index in [1.807, 2.05) is 0 Å². The van der Waals surface area contributed by atoms with Crippen molar-refractivity contribution in [1.82, 2.24) is 0 Å². The van der Waals surface area contributed by atoms with Gasteiger partial charge in [0.2, 0.25) is 0 Å². The second-order valence-corrected chi connectivity index (χ2v) is 13.7. The Balaban J connectivity index is 1.29. The summed E-state index contributed by atoms with van der Waals surface area (Å²) in [5.41, 5.74) is 19.1. The van der Waals surface area contributed by atoms with Crippen molar-refractivity contribution in [2.45, 2.75) is 24.7 Å². The maximum absolute atomic E-state index is 2.50. The fourth-order valence-electron chi connectivity index (χ4n) is 9.02. The molecule has 0 atom stereocenters. The summed E-state index contributed by atoms with van der Waals surface area (Å²) in [7, 11) is 0. The first-order chi connectivity index (χ1) is 23.1. The number of anilines is 3. The van der Waals surface area contributed by atoms with Gasteiger partial charge in [0.15, 0.2) is 0 Å². The fraction of sp³-hybridized carbons (Fsp3) is 0.0870. The molecule has 3 aliphatic rings. The molecule has 0 N–H and O–H groups in total. The third-order valence-electron chi connectivity index (χ3n) is 11.1. The lowest BCUT2D eigenvalue weighted by molar-refractivity contribution is 0.632. The maximum Gasteiger partial charge on any atom is 0.0726 e. The van der Waals surface area contributed by atoms with E-state index >= 15 is 0 Å². The molecule has 1 spiro atoms. The van der Waals surface area contributed by atoms with E-state index in [1.54, 1.807) is 0 Å². The molecule has 0 radical (unpaired) electrons. The molecule has 1 heteroatoms. The van der Waals surface area contributed by atoms with Crippen LogP contribution in [-0.4, -0.2) is 0 Å². The first kappa shape index (κ1) is 26.5. The number of hydrogen-bond acceptors (Lipinski definition) is 1. The van der Waals surface area contributed by atoms with Crippen molar-refractivity contribution in [3.05, 3.63) is 197 Å². The zero-order valence-corrected chi connectivity index (χ0v) is 26.5. The molecule has 0 fully saturated rings. The third-order valence-corrected chi connectivity index (χ3v) is 11.1. The van der Waals surface area contributed by atoms with E-state index in [0.29, 0.717) is 0 Å². The second-order valence-electron chi connectivity index (χ2n) is 13.7. The number of fused-ring (bicyclic) bond motifs is 12. The van der Waals surface area contributed by atoms with Crippen LogP contribution in [0.15, 0.2) is 164 Å². The predicted molar refractivity (Wildman–Crippen MR) is 195 cm³/mol. The smallest absolute Gasteiger partial charge is 0.0726 e. The van der Waals surface area contributed by atoms with Crippen LogP contribution in [0.25, 0.3) is 33.4 Å². The summed E-state index contributed by atoms with van der Waals surface area (Å²) >= 11 is 0. The summed E-state index contributed by atoms with van der Waals surface area (Å²) in [4.78, 5) is 2.50. The van der Waals surface area contributed by atoms with Crippen molar-refractivity contribution in [3.8, 4) is 33.4 Å². The highest BCUT2D eigenvalue weighted by molar-refractivity contribution is 5.97. The van der Waals surface area contributed by atoms with Crippen LogP contribution in [0, 0.1) is 0 Å². The second kappa shape index (κ2) is 9.44. The first-order valence-electron chi connectivity index (χ1n) is 16.6. The van der Waals surface area contributed by atoms with Crippen molar-refractivity contribution in [1.29, 1.82) is 0 Å². The van der Waals surface area contributed by atoms with Crippen LogP contribution in [0.3, 0.4) is 0 Å². The van der Waals surface area contributed by atoms with E-state index in [9.17, 15) is 0 Å². The van der Waals surface area contributed by atoms with Crippen molar-refractivity contribution in [3.63, 3.8) is 0 Å². The summed E-state index contributed by atoms with van der Waals surface area (Å²) in [5, 5.41) is 0. The summed E-state index contributed by atoms with van der Waals surface area (Å²) in [6.45, 7) is 4.71. The van der Waals surface area contributed by atoms with Gasteiger partial charge in [0.25, 0.3) is 0 Å². The van der Waals surface area contributed by atoms with Crippen LogP contribution >= 0.6 is 0 Å². The zero-order chi connectivity index (χ0) is 31.3. The summed E-state index contributed by atoms with van der Waals surface area (Å²) < 4.78 is 0. The van der Waals surface area contributed by atoms with Gasteiger partial charge in [0, 0.05) is 11.1 Å². The third kappa shape index (κ3) is 3.39. The quantitative estimate of drug-likeness (QED) is 0.191. The highest BCUT2D eigenvalue weighted by Gasteiger charge is 2.52. The molecular weight excluding hydrogens is 567 g/mol. The number of para-hydroxylation sites is 2. The number of rotatable bonds is 2. The van der Waals surface area contributed by atoms with E-state index in [1.165, 1.54) is 83.8 Å². The molecule has 47 heavy (non-hydrogen) atoms. The van der Waals surface area contributed by atoms with E-state index < -0.39 is 5.41 Å². The Kier molecular flexibility index (Phi) is 5.33. The zero-order valence-electron chi connectivity index (χ0n) is 26.5. The van der Waals surface area contributed by atoms with Gasteiger partial charge < -0.3 is 4.90 Å². The van der Waals surface area contributed by atoms with Crippen LogP contribution < -0.4 is 4.90 Å². The van der Waals surface area contributed by atoms with Crippen molar-refractivity contribution < 1.29 is 0 Å². The SMILES string of the molecule is CC1(C)c2ccccc2N(c2ccc3c(c2)C2(c4ccccc4-c4ccccc42)c2cc(-c4ccccc4)ccc2-3)c2ccccc21. The minimum Gasteiger partial charge on any atom is -0.310 e. The first-order valence-corrected chi connectivity index (χ1v) is 16.6. The molecule has 10 rings (SSSR count). The molecule has 1 nitrogen and oxygen atoms in total. The van der Waals surface area contributed by atoms with E-state index in [4.69, 9.17) is 0 Å². The van der Waals surface area contributed by atoms with Gasteiger partial charge in [-0.2, -0.15) is 0 Å². The largest absolute Gasteiger partial charge is 0.310 e. The minimum atomic E-state index is -0.424. The van der Waals surface area contributed by atoms with Crippen LogP contribution in [0.4, 0.5) is 17.1 Å². The van der Waals surface area contributed by atoms with Crippen LogP contribution in [0.5, 0.6) is 0 Å². The number of hydrogen-bond donors (Lipinski definition) is 0. The van der Waals surface area contributed by atoms with Crippen LogP contribution in [0.2, 0.25) is 0 Å². The molecule has 2 aliphatic carbocycles. The Hall–Kier alpha value is -5.66. The van der Waals surface area contributed by atoms with Gasteiger partial charge >= 0.3 is 0 Å². The molecule has 1 heterocycles. The van der Waals surface area contributed by atoms with Crippen LogP contribution in [0.1, 0.15) is 47.2 Å². The molecule has 0 unspecified atom stereocenters. The molecule has 0 saturated heterocycles. The van der Waals surface area contributed by atoms with Crippen molar-refractivity contribution in [2.75, 3.05) is 4.90 Å². The molecule has 0 aromatic heterocycles. The van der Waals surface area contributed by atoms with Gasteiger partial charge in [0.1, 0.15) is 0 Å². The molecule has 222 valence electrons. The van der Waals surface area contributed by atoms with Gasteiger partial charge in [-0.3, -0.25) is 0 Å². The van der Waals surface area contributed by atoms with Crippen molar-refractivity contribution >= 4 is 17.1 Å². The standard InChI is InChI=1S/C46H33N/c1-45(2)39-20-10-12-22-43(39)47(44-23-13-11-21-40(44)45)32-25-27-36-35-26-24-31(30-14-4-3-5-15-30)28-41(35)46(42(36)29-32)37-18-8-6-16-33(37)34-17-7-9-19-38(34)46/h3-29H,1-2H3. The lowest BCUT2D eigenvalue weighted by Crippen LogP contribution is -2.31. The van der Waals surface area contributed by atoms with Gasteiger partial charge in [-0.25, -0.2) is 0 Å². The fourth-order valence-corrected chi connectivity index (χ4v) is 9.02. The van der Waals surface area contributed by atoms with Gasteiger partial charge in [-0.1, -0.05) is 147 Å². The minimum absolute atomic E-state index is 0.102. The molecule has 1 aliphatic heterocycles. The average Bonchev–Trinajstić information content (AvgIpc) is 3.59. The average molecular weight is 600 g/mol. The van der Waals surface area contributed by atoms with E-state index in [-0.39, 0.29) is 5.41 Å². The summed E-state index contributed by atoms with van der Waals surface area (Å²) in [6.07, 6.45) is 0. The molecule has 7 aromatic carbocycles. The van der Waals surface area contributed by atoms with Gasteiger partial charge in [-0.15, -0.1) is 0 Å². The van der Waals surface area contributed by atoms with E-state index in [2.05, 4.69) is 183 Å². The number of benzene rings is 7. The molecular formula is C46H33N. The lowest BCUT2D eigenvalue weighted by Gasteiger charge is -2.42. The normalized spacial score (nSPS) is 15.3. The lowest BCUT2D eigenvalue weighted by atomic mass is 9.70. The molecule has 0 amide bonds. The summed E-state index contributed by atoms with van der Waals surface area (Å²) in [6, 6.07) is 61.2. The Morgan fingerprint density at radius 2 is 0.830 bits per heavy atom. The number of nitrogens with zero attached hydrogens (tertiary/aromatic N) is 1. The van der Waals surface area contributed by atoms with Gasteiger partial charge in [-0.05, 0) is 97.1 Å². The van der Waals surface area contributed by atoms with Gasteiger partial charge in [0.05, 0.1) is 16.8 Å². The van der Waals surface area contributed by atoms with Crippen LogP contribution in [-0.2, 0) is 10.8 Å². The van der Waals surface area contributed by atoms with Crippen molar-refractivity contribution in [2.24, 2.45) is 0 Å². The topological polar surface area (TPSA) is 3.24 Å². The Labute approximate surface area is 276 Å². The van der Waals surface area contributed by atoms with E-state index in [0.717, 1.165) is 0 Å². The Bertz CT molecular complexity index is 2300.